The first-order valence-corrected chi connectivity index (χ1v) is 6.77. The molecule has 0 spiro atoms. The van der Waals surface area contributed by atoms with Crippen molar-refractivity contribution >= 4 is 23.4 Å². The van der Waals surface area contributed by atoms with E-state index in [1.54, 1.807) is 19.1 Å². The third-order valence-electron chi connectivity index (χ3n) is 2.33. The van der Waals surface area contributed by atoms with E-state index in [-0.39, 0.29) is 11.6 Å². The van der Waals surface area contributed by atoms with Gasteiger partial charge in [-0.05, 0) is 37.4 Å². The van der Waals surface area contributed by atoms with Crippen LogP contribution in [0, 0.1) is 12.7 Å². The Kier molecular flexibility index (Phi) is 4.11. The van der Waals surface area contributed by atoms with E-state index in [0.717, 1.165) is 0 Å². The van der Waals surface area contributed by atoms with Crippen LogP contribution in [0.4, 0.5) is 10.1 Å². The Hall–Kier alpha value is -1.95. The smallest absolute Gasteiger partial charge is 0.274 e. The van der Waals surface area contributed by atoms with Crippen LogP contribution in [0.1, 0.15) is 16.2 Å². The number of carbonyl (C=O) groups excluding carboxylic acids is 1. The number of benzene rings is 1. The standard InChI is InChI=1S/C13H12FN3OS/c1-8-6-11(17-13(15-8)19-2)12(18)16-10-5-3-4-9(14)7-10/h3-7H,1-2H3,(H,16,18). The molecule has 1 amide bonds. The van der Waals surface area contributed by atoms with Gasteiger partial charge >= 0.3 is 0 Å². The summed E-state index contributed by atoms with van der Waals surface area (Å²) in [6.07, 6.45) is 1.84. The Labute approximate surface area is 114 Å². The monoisotopic (exact) mass is 277 g/mol. The van der Waals surface area contributed by atoms with Crippen LogP contribution in [-0.4, -0.2) is 22.1 Å². The van der Waals surface area contributed by atoms with E-state index in [0.29, 0.717) is 16.5 Å². The molecule has 0 aliphatic heterocycles. The molecule has 4 nitrogen and oxygen atoms in total. The van der Waals surface area contributed by atoms with Crippen LogP contribution in [0.15, 0.2) is 35.5 Å². The maximum absolute atomic E-state index is 13.0. The van der Waals surface area contributed by atoms with E-state index >= 15 is 0 Å². The highest BCUT2D eigenvalue weighted by molar-refractivity contribution is 7.98. The van der Waals surface area contributed by atoms with Gasteiger partial charge in [0.15, 0.2) is 5.16 Å². The molecule has 98 valence electrons. The molecule has 0 radical (unpaired) electrons. The van der Waals surface area contributed by atoms with Gasteiger partial charge in [0.2, 0.25) is 0 Å². The van der Waals surface area contributed by atoms with Gasteiger partial charge in [0.25, 0.3) is 5.91 Å². The van der Waals surface area contributed by atoms with Gasteiger partial charge in [-0.1, -0.05) is 17.8 Å². The zero-order chi connectivity index (χ0) is 13.8. The average molecular weight is 277 g/mol. The van der Waals surface area contributed by atoms with Gasteiger partial charge < -0.3 is 5.32 Å². The second kappa shape index (κ2) is 5.79. The number of halogens is 1. The number of amides is 1. The average Bonchev–Trinajstić information content (AvgIpc) is 2.38. The van der Waals surface area contributed by atoms with Crippen LogP contribution < -0.4 is 5.32 Å². The van der Waals surface area contributed by atoms with E-state index in [1.165, 1.54) is 30.0 Å². The Morgan fingerprint density at radius 2 is 2.11 bits per heavy atom. The molecule has 19 heavy (non-hydrogen) atoms. The number of thioether (sulfide) groups is 1. The van der Waals surface area contributed by atoms with E-state index in [2.05, 4.69) is 15.3 Å². The first-order chi connectivity index (χ1) is 9.08. The van der Waals surface area contributed by atoms with Gasteiger partial charge in [-0.2, -0.15) is 0 Å². The Morgan fingerprint density at radius 1 is 1.32 bits per heavy atom. The number of nitrogens with one attached hydrogen (secondary N) is 1. The second-order valence-corrected chi connectivity index (χ2v) is 4.62. The van der Waals surface area contributed by atoms with Crippen LogP contribution in [-0.2, 0) is 0 Å². The van der Waals surface area contributed by atoms with Crippen molar-refractivity contribution in [3.63, 3.8) is 0 Å². The minimum Gasteiger partial charge on any atom is -0.321 e. The fourth-order valence-corrected chi connectivity index (χ4v) is 1.94. The summed E-state index contributed by atoms with van der Waals surface area (Å²) in [6.45, 7) is 1.79. The summed E-state index contributed by atoms with van der Waals surface area (Å²) in [5.74, 6) is -0.784. The van der Waals surface area contributed by atoms with E-state index < -0.39 is 5.82 Å². The molecular weight excluding hydrogens is 265 g/mol. The summed E-state index contributed by atoms with van der Waals surface area (Å²) in [4.78, 5) is 20.3. The van der Waals surface area contributed by atoms with Gasteiger partial charge in [0.05, 0.1) is 0 Å². The van der Waals surface area contributed by atoms with E-state index in [1.807, 2.05) is 6.26 Å². The molecule has 0 unspecified atom stereocenters. The predicted octanol–water partition coefficient (Wildman–Crippen LogP) is 2.90. The summed E-state index contributed by atoms with van der Waals surface area (Å²) in [5.41, 5.74) is 1.37. The molecule has 0 fully saturated rings. The molecule has 1 aromatic heterocycles. The molecule has 6 heteroatoms. The second-order valence-electron chi connectivity index (χ2n) is 3.85. The number of rotatable bonds is 3. The summed E-state index contributed by atoms with van der Waals surface area (Å²) in [7, 11) is 0. The number of hydrogen-bond donors (Lipinski definition) is 1. The molecule has 0 bridgehead atoms. The Balaban J connectivity index is 2.22. The molecule has 0 atom stereocenters. The summed E-state index contributed by atoms with van der Waals surface area (Å²) < 4.78 is 13.0. The number of hydrogen-bond acceptors (Lipinski definition) is 4. The molecule has 2 rings (SSSR count). The zero-order valence-corrected chi connectivity index (χ0v) is 11.3. The molecular formula is C13H12FN3OS. The van der Waals surface area contributed by atoms with Crippen molar-refractivity contribution in [3.8, 4) is 0 Å². The Bertz CT molecular complexity index is 619. The molecule has 1 aromatic carbocycles. The molecule has 0 aliphatic rings. The highest BCUT2D eigenvalue weighted by Crippen LogP contribution is 2.13. The largest absolute Gasteiger partial charge is 0.321 e. The fraction of sp³-hybridized carbons (Fsp3) is 0.154. The van der Waals surface area contributed by atoms with Crippen molar-refractivity contribution in [1.29, 1.82) is 0 Å². The highest BCUT2D eigenvalue weighted by Gasteiger charge is 2.10. The molecule has 2 aromatic rings. The lowest BCUT2D eigenvalue weighted by Crippen LogP contribution is -2.15. The number of nitrogens with zero attached hydrogens (tertiary/aromatic N) is 2. The molecule has 0 aliphatic carbocycles. The first kappa shape index (κ1) is 13.5. The number of anilines is 1. The minimum absolute atomic E-state index is 0.265. The Morgan fingerprint density at radius 3 is 2.79 bits per heavy atom. The zero-order valence-electron chi connectivity index (χ0n) is 10.5. The first-order valence-electron chi connectivity index (χ1n) is 5.55. The van der Waals surface area contributed by atoms with Gasteiger partial charge in [-0.15, -0.1) is 0 Å². The van der Waals surface area contributed by atoms with Crippen LogP contribution >= 0.6 is 11.8 Å². The molecule has 1 N–H and O–H groups in total. The number of carbonyl (C=O) groups is 1. The van der Waals surface area contributed by atoms with Gasteiger partial charge in [0, 0.05) is 11.4 Å². The van der Waals surface area contributed by atoms with Gasteiger partial charge in [0.1, 0.15) is 11.5 Å². The quantitative estimate of drug-likeness (QED) is 0.692. The third kappa shape index (κ3) is 3.51. The summed E-state index contributed by atoms with van der Waals surface area (Å²) in [5, 5.41) is 3.13. The molecule has 0 saturated carbocycles. The normalized spacial score (nSPS) is 10.3. The van der Waals surface area contributed by atoms with Crippen LogP contribution in [0.2, 0.25) is 0 Å². The van der Waals surface area contributed by atoms with Crippen molar-refractivity contribution in [2.24, 2.45) is 0 Å². The van der Waals surface area contributed by atoms with E-state index in [9.17, 15) is 9.18 Å². The minimum atomic E-state index is -0.401. The fourth-order valence-electron chi connectivity index (χ4n) is 1.51. The third-order valence-corrected chi connectivity index (χ3v) is 2.88. The van der Waals surface area contributed by atoms with Crippen molar-refractivity contribution in [1.82, 2.24) is 9.97 Å². The van der Waals surface area contributed by atoms with Crippen molar-refractivity contribution < 1.29 is 9.18 Å². The van der Waals surface area contributed by atoms with Crippen LogP contribution in [0.25, 0.3) is 0 Å². The maximum Gasteiger partial charge on any atom is 0.274 e. The SMILES string of the molecule is CSc1nc(C)cc(C(=O)Nc2cccc(F)c2)n1. The molecule has 0 saturated heterocycles. The predicted molar refractivity (Wildman–Crippen MR) is 72.9 cm³/mol. The van der Waals surface area contributed by atoms with Gasteiger partial charge in [-0.25, -0.2) is 14.4 Å². The lowest BCUT2D eigenvalue weighted by atomic mass is 10.3. The van der Waals surface area contributed by atoms with Crippen molar-refractivity contribution in [3.05, 3.63) is 47.5 Å². The molecule has 1 heterocycles. The number of aryl methyl sites for hydroxylation is 1. The van der Waals surface area contributed by atoms with E-state index in [4.69, 9.17) is 0 Å². The van der Waals surface area contributed by atoms with Crippen molar-refractivity contribution in [2.75, 3.05) is 11.6 Å². The maximum atomic E-state index is 13.0. The topological polar surface area (TPSA) is 54.9 Å². The lowest BCUT2D eigenvalue weighted by Gasteiger charge is -2.06. The van der Waals surface area contributed by atoms with Gasteiger partial charge in [-0.3, -0.25) is 4.79 Å². The highest BCUT2D eigenvalue weighted by atomic mass is 32.2. The van der Waals surface area contributed by atoms with Crippen LogP contribution in [0.5, 0.6) is 0 Å². The lowest BCUT2D eigenvalue weighted by molar-refractivity contribution is 0.102. The number of aromatic nitrogens is 2. The van der Waals surface area contributed by atoms with Crippen molar-refractivity contribution in [2.45, 2.75) is 12.1 Å². The summed E-state index contributed by atoms with van der Waals surface area (Å²) >= 11 is 1.36. The summed E-state index contributed by atoms with van der Waals surface area (Å²) in [6, 6.07) is 7.31. The van der Waals surface area contributed by atoms with Crippen LogP contribution in [0.3, 0.4) is 0 Å².